The van der Waals surface area contributed by atoms with E-state index in [0.717, 1.165) is 0 Å². The summed E-state index contributed by atoms with van der Waals surface area (Å²) in [6, 6.07) is 4.13. The van der Waals surface area contributed by atoms with Crippen molar-refractivity contribution in [2.75, 3.05) is 6.61 Å². The number of cyclic esters (lactones) is 1. The Hall–Kier alpha value is -2.05. The third kappa shape index (κ3) is 2.13. The second kappa shape index (κ2) is 3.97. The molecule has 1 N–H and O–H groups in total. The molecule has 1 saturated heterocycles. The van der Waals surface area contributed by atoms with Crippen molar-refractivity contribution in [3.63, 3.8) is 0 Å². The molecule has 0 unspecified atom stereocenters. The fourth-order valence-electron chi connectivity index (χ4n) is 2.37. The molecule has 0 radical (unpaired) electrons. The molecule has 0 aromatic heterocycles. The Balaban J connectivity index is 1.94. The molecule has 2 aliphatic rings. The van der Waals surface area contributed by atoms with Crippen molar-refractivity contribution in [3.05, 3.63) is 23.8 Å². The van der Waals surface area contributed by atoms with Crippen LogP contribution in [0.2, 0.25) is 0 Å². The molecule has 108 valence electrons. The summed E-state index contributed by atoms with van der Waals surface area (Å²) in [6.45, 7) is 4.07. The number of benzene rings is 1. The fraction of sp³-hybridized carbons (Fsp3) is 0.462. The predicted octanol–water partition coefficient (Wildman–Crippen LogP) is 2.82. The summed E-state index contributed by atoms with van der Waals surface area (Å²) in [4.78, 5) is 11.4. The van der Waals surface area contributed by atoms with Crippen molar-refractivity contribution < 1.29 is 27.8 Å². The molecule has 0 bridgehead atoms. The van der Waals surface area contributed by atoms with Crippen LogP contribution < -0.4 is 14.8 Å². The van der Waals surface area contributed by atoms with Gasteiger partial charge < -0.3 is 19.5 Å². The first-order chi connectivity index (χ1) is 9.27. The molecule has 20 heavy (non-hydrogen) atoms. The van der Waals surface area contributed by atoms with Crippen LogP contribution in [0.5, 0.6) is 11.5 Å². The number of carbonyl (C=O) groups excluding carboxylic acids is 1. The van der Waals surface area contributed by atoms with Crippen LogP contribution in [0.25, 0.3) is 0 Å². The van der Waals surface area contributed by atoms with Crippen LogP contribution >= 0.6 is 0 Å². The van der Waals surface area contributed by atoms with Crippen LogP contribution in [0.15, 0.2) is 18.2 Å². The Morgan fingerprint density at radius 2 is 1.95 bits per heavy atom. The van der Waals surface area contributed by atoms with Crippen molar-refractivity contribution in [1.29, 1.82) is 0 Å². The van der Waals surface area contributed by atoms with Crippen molar-refractivity contribution >= 4 is 6.09 Å². The maximum atomic E-state index is 13.0. The molecule has 0 spiro atoms. The molecule has 1 amide bonds. The van der Waals surface area contributed by atoms with Gasteiger partial charge in [-0.25, -0.2) is 4.79 Å². The van der Waals surface area contributed by atoms with Gasteiger partial charge in [-0.2, -0.15) is 0 Å². The van der Waals surface area contributed by atoms with Gasteiger partial charge in [0.15, 0.2) is 11.5 Å². The Bertz CT molecular complexity index is 573. The summed E-state index contributed by atoms with van der Waals surface area (Å²) in [6.07, 6.45) is -4.17. The Morgan fingerprint density at radius 1 is 1.25 bits per heavy atom. The highest BCUT2D eigenvalue weighted by molar-refractivity contribution is 5.69. The van der Waals surface area contributed by atoms with E-state index in [9.17, 15) is 13.6 Å². The number of alkyl halides is 2. The lowest BCUT2D eigenvalue weighted by molar-refractivity contribution is -0.286. The van der Waals surface area contributed by atoms with E-state index in [-0.39, 0.29) is 29.6 Å². The van der Waals surface area contributed by atoms with Gasteiger partial charge in [-0.15, -0.1) is 8.78 Å². The molecule has 3 rings (SSSR count). The molecule has 5 nitrogen and oxygen atoms in total. The summed E-state index contributed by atoms with van der Waals surface area (Å²) < 4.78 is 39.7. The summed E-state index contributed by atoms with van der Waals surface area (Å²) in [5.41, 5.74) is 0.288. The Labute approximate surface area is 113 Å². The number of alkyl carbamates (subject to hydrolysis) is 1. The monoisotopic (exact) mass is 285 g/mol. The maximum absolute atomic E-state index is 13.0. The SMILES string of the molecule is CC1(C)COC(=O)N[C@H]1c1ccc2c(c1)OC(F)(F)O2. The minimum atomic E-state index is -3.64. The molecule has 1 fully saturated rings. The summed E-state index contributed by atoms with van der Waals surface area (Å²) >= 11 is 0. The number of carbonyl (C=O) groups is 1. The van der Waals surface area contributed by atoms with Crippen molar-refractivity contribution in [1.82, 2.24) is 5.32 Å². The molecular formula is C13H13F2NO4. The van der Waals surface area contributed by atoms with Crippen molar-refractivity contribution in [2.24, 2.45) is 5.41 Å². The molecule has 1 atom stereocenters. The fourth-order valence-corrected chi connectivity index (χ4v) is 2.37. The van der Waals surface area contributed by atoms with E-state index in [1.807, 2.05) is 13.8 Å². The topological polar surface area (TPSA) is 56.8 Å². The minimum absolute atomic E-state index is 0.0186. The molecule has 0 saturated carbocycles. The van der Waals surface area contributed by atoms with Gasteiger partial charge in [0.05, 0.1) is 6.04 Å². The quantitative estimate of drug-likeness (QED) is 0.862. The number of amides is 1. The van der Waals surface area contributed by atoms with Gasteiger partial charge in [0.1, 0.15) is 6.61 Å². The molecule has 2 aliphatic heterocycles. The zero-order valence-corrected chi connectivity index (χ0v) is 10.9. The first-order valence-electron chi connectivity index (χ1n) is 6.10. The lowest BCUT2D eigenvalue weighted by Crippen LogP contribution is -2.46. The number of hydrogen-bond donors (Lipinski definition) is 1. The largest absolute Gasteiger partial charge is 0.586 e. The number of fused-ring (bicyclic) bond motifs is 1. The first-order valence-corrected chi connectivity index (χ1v) is 6.10. The van der Waals surface area contributed by atoms with Crippen LogP contribution in [0.3, 0.4) is 0 Å². The van der Waals surface area contributed by atoms with E-state index in [0.29, 0.717) is 5.56 Å². The second-order valence-corrected chi connectivity index (χ2v) is 5.52. The van der Waals surface area contributed by atoms with Crippen LogP contribution in [-0.2, 0) is 4.74 Å². The smallest absolute Gasteiger partial charge is 0.449 e. The van der Waals surface area contributed by atoms with Gasteiger partial charge in [-0.1, -0.05) is 19.9 Å². The molecule has 7 heteroatoms. The zero-order chi connectivity index (χ0) is 14.5. The highest BCUT2D eigenvalue weighted by Gasteiger charge is 2.44. The number of halogens is 2. The molecule has 2 heterocycles. The zero-order valence-electron chi connectivity index (χ0n) is 10.9. The Kier molecular flexibility index (Phi) is 2.57. The maximum Gasteiger partial charge on any atom is 0.586 e. The van der Waals surface area contributed by atoms with Gasteiger partial charge in [0.25, 0.3) is 0 Å². The van der Waals surface area contributed by atoms with Gasteiger partial charge in [0, 0.05) is 5.41 Å². The van der Waals surface area contributed by atoms with Crippen LogP contribution in [0, 0.1) is 5.41 Å². The average Bonchev–Trinajstić information content (AvgIpc) is 2.65. The molecule has 0 aliphatic carbocycles. The second-order valence-electron chi connectivity index (χ2n) is 5.52. The van der Waals surface area contributed by atoms with Gasteiger partial charge in [-0.3, -0.25) is 0 Å². The van der Waals surface area contributed by atoms with Crippen LogP contribution in [-0.4, -0.2) is 19.0 Å². The summed E-state index contributed by atoms with van der Waals surface area (Å²) in [7, 11) is 0. The van der Waals surface area contributed by atoms with Gasteiger partial charge >= 0.3 is 12.4 Å². The van der Waals surface area contributed by atoms with E-state index < -0.39 is 12.4 Å². The summed E-state index contributed by atoms with van der Waals surface area (Å²) in [5.74, 6) is -0.0565. The Morgan fingerprint density at radius 3 is 2.70 bits per heavy atom. The van der Waals surface area contributed by atoms with Crippen molar-refractivity contribution in [3.8, 4) is 11.5 Å². The lowest BCUT2D eigenvalue weighted by Gasteiger charge is -2.38. The lowest BCUT2D eigenvalue weighted by atomic mass is 9.80. The third-order valence-electron chi connectivity index (χ3n) is 3.38. The minimum Gasteiger partial charge on any atom is -0.449 e. The number of hydrogen-bond acceptors (Lipinski definition) is 4. The predicted molar refractivity (Wildman–Crippen MR) is 63.7 cm³/mol. The average molecular weight is 285 g/mol. The van der Waals surface area contributed by atoms with Crippen molar-refractivity contribution in [2.45, 2.75) is 26.2 Å². The number of nitrogens with one attached hydrogen (secondary N) is 1. The normalized spacial score (nSPS) is 25.8. The molecule has 1 aromatic carbocycles. The van der Waals surface area contributed by atoms with E-state index in [2.05, 4.69) is 14.8 Å². The van der Waals surface area contributed by atoms with Crippen LogP contribution in [0.1, 0.15) is 25.5 Å². The third-order valence-corrected chi connectivity index (χ3v) is 3.38. The highest BCUT2D eigenvalue weighted by Crippen LogP contribution is 2.44. The molecule has 1 aromatic rings. The first kappa shape index (κ1) is 13.0. The number of rotatable bonds is 1. The van der Waals surface area contributed by atoms with Gasteiger partial charge in [0.2, 0.25) is 0 Å². The van der Waals surface area contributed by atoms with E-state index in [1.54, 1.807) is 6.07 Å². The standard InChI is InChI=1S/C13H13F2NO4/c1-12(2)6-18-11(17)16-10(12)7-3-4-8-9(5-7)20-13(14,15)19-8/h3-5,10H,6H2,1-2H3,(H,16,17)/t10-/m0/s1. The summed E-state index contributed by atoms with van der Waals surface area (Å²) in [5, 5.41) is 2.69. The van der Waals surface area contributed by atoms with E-state index in [1.165, 1.54) is 12.1 Å². The van der Waals surface area contributed by atoms with E-state index >= 15 is 0 Å². The van der Waals surface area contributed by atoms with Crippen LogP contribution in [0.4, 0.5) is 13.6 Å². The highest BCUT2D eigenvalue weighted by atomic mass is 19.3. The van der Waals surface area contributed by atoms with E-state index in [4.69, 9.17) is 4.74 Å². The number of ether oxygens (including phenoxy) is 3. The van der Waals surface area contributed by atoms with Gasteiger partial charge in [-0.05, 0) is 17.7 Å². The molecular weight excluding hydrogens is 272 g/mol.